The van der Waals surface area contributed by atoms with Gasteiger partial charge in [0.1, 0.15) is 5.54 Å². The fourth-order valence-electron chi connectivity index (χ4n) is 3.27. The van der Waals surface area contributed by atoms with E-state index < -0.39 is 5.54 Å². The van der Waals surface area contributed by atoms with Crippen LogP contribution in [0.25, 0.3) is 0 Å². The molecular weight excluding hydrogens is 264 g/mol. The number of hydrogen-bond donors (Lipinski definition) is 1. The summed E-state index contributed by atoms with van der Waals surface area (Å²) in [6.45, 7) is 9.74. The highest BCUT2D eigenvalue weighted by molar-refractivity contribution is 5.82. The van der Waals surface area contributed by atoms with Gasteiger partial charge < -0.3 is 9.64 Å². The number of carbonyl (C=O) groups is 1. The molecule has 0 spiro atoms. The van der Waals surface area contributed by atoms with Crippen molar-refractivity contribution in [3.05, 3.63) is 0 Å². The molecule has 0 aromatic rings. The fourth-order valence-corrected chi connectivity index (χ4v) is 3.27. The number of nitrogens with one attached hydrogen (secondary N) is 1. The maximum absolute atomic E-state index is 12.7. The van der Waals surface area contributed by atoms with Crippen LogP contribution in [0.4, 0.5) is 0 Å². The minimum absolute atomic E-state index is 0.0170. The third kappa shape index (κ3) is 4.43. The Balaban J connectivity index is 2.13. The predicted molar refractivity (Wildman–Crippen MR) is 85.3 cm³/mol. The lowest BCUT2D eigenvalue weighted by atomic mass is 9.91. The maximum Gasteiger partial charge on any atom is 0.327 e. The van der Waals surface area contributed by atoms with E-state index >= 15 is 0 Å². The molecule has 0 aliphatic heterocycles. The van der Waals surface area contributed by atoms with E-state index in [-0.39, 0.29) is 5.97 Å². The van der Waals surface area contributed by atoms with Gasteiger partial charge in [0.25, 0.3) is 0 Å². The van der Waals surface area contributed by atoms with Gasteiger partial charge in [-0.2, -0.15) is 0 Å². The van der Waals surface area contributed by atoms with Crippen molar-refractivity contribution in [1.29, 1.82) is 0 Å². The highest BCUT2D eigenvalue weighted by Gasteiger charge is 2.54. The minimum atomic E-state index is -0.457. The second kappa shape index (κ2) is 7.59. The predicted octanol–water partition coefficient (Wildman–Crippen LogP) is 2.57. The van der Waals surface area contributed by atoms with Crippen LogP contribution in [0.5, 0.6) is 0 Å². The van der Waals surface area contributed by atoms with Crippen molar-refractivity contribution in [2.75, 3.05) is 26.2 Å². The Morgan fingerprint density at radius 1 is 1.14 bits per heavy atom. The summed E-state index contributed by atoms with van der Waals surface area (Å²) in [6, 6.07) is 0.528. The molecule has 0 bridgehead atoms. The van der Waals surface area contributed by atoms with Gasteiger partial charge in [-0.25, -0.2) is 4.79 Å². The van der Waals surface area contributed by atoms with Crippen molar-refractivity contribution in [3.63, 3.8) is 0 Å². The van der Waals surface area contributed by atoms with Crippen molar-refractivity contribution >= 4 is 5.97 Å². The van der Waals surface area contributed by atoms with E-state index in [4.69, 9.17) is 4.74 Å². The molecule has 0 aromatic carbocycles. The van der Waals surface area contributed by atoms with E-state index in [1.165, 1.54) is 12.8 Å². The molecule has 2 fully saturated rings. The molecule has 1 atom stereocenters. The average Bonchev–Trinajstić information content (AvgIpc) is 3.32. The van der Waals surface area contributed by atoms with E-state index in [0.29, 0.717) is 18.6 Å². The first kappa shape index (κ1) is 16.8. The standard InChI is InChI=1S/C17H32N2O2/c1-4-11-19(12-5-2)13-17(14-7-8-14,16(20)21-6-3)18-15-9-10-15/h14-15,18H,4-13H2,1-3H3. The van der Waals surface area contributed by atoms with Crippen molar-refractivity contribution in [2.45, 2.75) is 70.9 Å². The van der Waals surface area contributed by atoms with Crippen LogP contribution in [-0.2, 0) is 9.53 Å². The molecule has 0 radical (unpaired) electrons. The van der Waals surface area contributed by atoms with E-state index in [1.807, 2.05) is 6.92 Å². The third-order valence-electron chi connectivity index (χ3n) is 4.51. The lowest BCUT2D eigenvalue weighted by molar-refractivity contribution is -0.153. The molecule has 122 valence electrons. The molecular formula is C17H32N2O2. The Morgan fingerprint density at radius 2 is 1.76 bits per heavy atom. The minimum Gasteiger partial charge on any atom is -0.465 e. The summed E-state index contributed by atoms with van der Waals surface area (Å²) in [5.41, 5.74) is -0.457. The summed E-state index contributed by atoms with van der Waals surface area (Å²) < 4.78 is 5.47. The van der Waals surface area contributed by atoms with Crippen LogP contribution in [0, 0.1) is 5.92 Å². The van der Waals surface area contributed by atoms with Crippen LogP contribution in [0.1, 0.15) is 59.3 Å². The average molecular weight is 296 g/mol. The Kier molecular flexibility index (Phi) is 6.06. The molecule has 2 saturated carbocycles. The fraction of sp³-hybridized carbons (Fsp3) is 0.941. The first-order chi connectivity index (χ1) is 10.2. The maximum atomic E-state index is 12.7. The molecule has 4 nitrogen and oxygen atoms in total. The molecule has 21 heavy (non-hydrogen) atoms. The van der Waals surface area contributed by atoms with E-state index in [2.05, 4.69) is 24.1 Å². The zero-order valence-corrected chi connectivity index (χ0v) is 14.0. The Hall–Kier alpha value is -0.610. The monoisotopic (exact) mass is 296 g/mol. The normalized spacial score (nSPS) is 21.3. The topological polar surface area (TPSA) is 41.6 Å². The van der Waals surface area contributed by atoms with Gasteiger partial charge in [-0.05, 0) is 64.5 Å². The van der Waals surface area contributed by atoms with Gasteiger partial charge >= 0.3 is 5.97 Å². The Bertz CT molecular complexity index is 334. The smallest absolute Gasteiger partial charge is 0.327 e. The van der Waals surface area contributed by atoms with E-state index in [9.17, 15) is 4.79 Å². The number of esters is 1. The molecule has 2 aliphatic carbocycles. The van der Waals surface area contributed by atoms with Gasteiger partial charge in [-0.3, -0.25) is 5.32 Å². The number of hydrogen-bond acceptors (Lipinski definition) is 4. The number of ether oxygens (including phenoxy) is 1. The van der Waals surface area contributed by atoms with Crippen LogP contribution in [0.3, 0.4) is 0 Å². The van der Waals surface area contributed by atoms with E-state index in [1.54, 1.807) is 0 Å². The summed E-state index contributed by atoms with van der Waals surface area (Å²) in [7, 11) is 0. The quantitative estimate of drug-likeness (QED) is 0.595. The number of rotatable bonds is 11. The summed E-state index contributed by atoms with van der Waals surface area (Å²) >= 11 is 0. The van der Waals surface area contributed by atoms with Crippen LogP contribution >= 0.6 is 0 Å². The summed E-state index contributed by atoms with van der Waals surface area (Å²) in [6.07, 6.45) is 6.99. The summed E-state index contributed by atoms with van der Waals surface area (Å²) in [5, 5.41) is 3.68. The molecule has 0 aromatic heterocycles. The number of carbonyl (C=O) groups excluding carboxylic acids is 1. The highest BCUT2D eigenvalue weighted by Crippen LogP contribution is 2.43. The van der Waals surface area contributed by atoms with Crippen LogP contribution in [0.15, 0.2) is 0 Å². The Morgan fingerprint density at radius 3 is 2.19 bits per heavy atom. The van der Waals surface area contributed by atoms with Crippen molar-refractivity contribution in [3.8, 4) is 0 Å². The number of nitrogens with zero attached hydrogens (tertiary/aromatic N) is 1. The first-order valence-corrected chi connectivity index (χ1v) is 8.83. The molecule has 0 saturated heterocycles. The van der Waals surface area contributed by atoms with Gasteiger partial charge in [0.2, 0.25) is 0 Å². The van der Waals surface area contributed by atoms with Gasteiger partial charge in [0, 0.05) is 12.6 Å². The van der Waals surface area contributed by atoms with Gasteiger partial charge in [-0.15, -0.1) is 0 Å². The van der Waals surface area contributed by atoms with Crippen molar-refractivity contribution < 1.29 is 9.53 Å². The van der Waals surface area contributed by atoms with Gasteiger partial charge in [0.05, 0.1) is 6.61 Å². The van der Waals surface area contributed by atoms with Crippen LogP contribution < -0.4 is 5.32 Å². The SMILES string of the molecule is CCCN(CCC)CC(NC1CC1)(C(=O)OCC)C1CC1. The molecule has 0 amide bonds. The molecule has 1 unspecified atom stereocenters. The zero-order chi connectivity index (χ0) is 15.3. The molecule has 2 aliphatic rings. The second-order valence-electron chi connectivity index (χ2n) is 6.66. The van der Waals surface area contributed by atoms with Crippen LogP contribution in [0.2, 0.25) is 0 Å². The molecule has 1 N–H and O–H groups in total. The lowest BCUT2D eigenvalue weighted by Crippen LogP contribution is -2.62. The second-order valence-corrected chi connectivity index (χ2v) is 6.66. The lowest BCUT2D eigenvalue weighted by Gasteiger charge is -2.37. The van der Waals surface area contributed by atoms with Crippen molar-refractivity contribution in [1.82, 2.24) is 10.2 Å². The van der Waals surface area contributed by atoms with Crippen molar-refractivity contribution in [2.24, 2.45) is 5.92 Å². The molecule has 0 heterocycles. The summed E-state index contributed by atoms with van der Waals surface area (Å²) in [4.78, 5) is 15.2. The van der Waals surface area contributed by atoms with Gasteiger partial charge in [0.15, 0.2) is 0 Å². The first-order valence-electron chi connectivity index (χ1n) is 8.83. The highest BCUT2D eigenvalue weighted by atomic mass is 16.5. The Labute approximate surface area is 129 Å². The van der Waals surface area contributed by atoms with Crippen LogP contribution in [-0.4, -0.2) is 48.7 Å². The molecule has 4 heteroatoms. The largest absolute Gasteiger partial charge is 0.465 e. The zero-order valence-electron chi connectivity index (χ0n) is 14.0. The van der Waals surface area contributed by atoms with Gasteiger partial charge in [-0.1, -0.05) is 13.8 Å². The summed E-state index contributed by atoms with van der Waals surface area (Å²) in [5.74, 6) is 0.449. The molecule has 2 rings (SSSR count). The third-order valence-corrected chi connectivity index (χ3v) is 4.51. The van der Waals surface area contributed by atoms with E-state index in [0.717, 1.165) is 45.3 Å².